The molecular weight excluding hydrogens is 366 g/mol. The lowest BCUT2D eigenvalue weighted by atomic mass is 10.2. The van der Waals surface area contributed by atoms with Crippen molar-refractivity contribution < 1.29 is 9.53 Å². The quantitative estimate of drug-likeness (QED) is 0.487. The van der Waals surface area contributed by atoms with E-state index < -0.39 is 0 Å². The predicted molar refractivity (Wildman–Crippen MR) is 118 cm³/mol. The Morgan fingerprint density at radius 3 is 2.79 bits per heavy atom. The number of hydrogen-bond acceptors (Lipinski definition) is 4. The molecule has 7 nitrogen and oxygen atoms in total. The van der Waals surface area contributed by atoms with Crippen LogP contribution in [0.5, 0.6) is 5.75 Å². The molecule has 0 aliphatic carbocycles. The summed E-state index contributed by atoms with van der Waals surface area (Å²) >= 11 is 0. The molecule has 162 valence electrons. The Hall–Kier alpha value is -2.28. The zero-order valence-electron chi connectivity index (χ0n) is 18.6. The SMILES string of the molecule is CCNC(=NCc1ccccc1OCCN(C)C)NC1CCN(C(=O)C(C)C)C1. The molecule has 1 heterocycles. The molecule has 1 fully saturated rings. The highest BCUT2D eigenvalue weighted by molar-refractivity contribution is 5.81. The number of para-hydroxylation sites is 1. The number of carbonyl (C=O) groups excluding carboxylic acids is 1. The zero-order valence-corrected chi connectivity index (χ0v) is 18.6. The first-order valence-electron chi connectivity index (χ1n) is 10.6. The fourth-order valence-electron chi connectivity index (χ4n) is 3.23. The molecule has 0 saturated carbocycles. The number of benzene rings is 1. The van der Waals surface area contributed by atoms with Gasteiger partial charge >= 0.3 is 0 Å². The van der Waals surface area contributed by atoms with Gasteiger partial charge in [-0.3, -0.25) is 4.79 Å². The van der Waals surface area contributed by atoms with Crippen LogP contribution < -0.4 is 15.4 Å². The first kappa shape index (κ1) is 23.0. The van der Waals surface area contributed by atoms with E-state index >= 15 is 0 Å². The van der Waals surface area contributed by atoms with Crippen LogP contribution >= 0.6 is 0 Å². The molecule has 0 radical (unpaired) electrons. The number of amides is 1. The van der Waals surface area contributed by atoms with Gasteiger partial charge < -0.3 is 25.2 Å². The van der Waals surface area contributed by atoms with Crippen LogP contribution in [-0.2, 0) is 11.3 Å². The molecule has 1 aliphatic rings. The number of nitrogens with zero attached hydrogens (tertiary/aromatic N) is 3. The van der Waals surface area contributed by atoms with Crippen molar-refractivity contribution in [2.24, 2.45) is 10.9 Å². The lowest BCUT2D eigenvalue weighted by Gasteiger charge is -2.20. The maximum Gasteiger partial charge on any atom is 0.225 e. The Bertz CT molecular complexity index is 675. The summed E-state index contributed by atoms with van der Waals surface area (Å²) < 4.78 is 5.94. The topological polar surface area (TPSA) is 69.2 Å². The van der Waals surface area contributed by atoms with E-state index in [4.69, 9.17) is 9.73 Å². The van der Waals surface area contributed by atoms with Gasteiger partial charge in [-0.2, -0.15) is 0 Å². The molecular formula is C22H37N5O2. The Kier molecular flexibility index (Phi) is 9.25. The van der Waals surface area contributed by atoms with Gasteiger partial charge in [-0.05, 0) is 33.5 Å². The van der Waals surface area contributed by atoms with E-state index in [0.717, 1.165) is 49.9 Å². The molecule has 1 aromatic carbocycles. The van der Waals surface area contributed by atoms with E-state index in [1.807, 2.05) is 51.0 Å². The first-order chi connectivity index (χ1) is 13.9. The van der Waals surface area contributed by atoms with Crippen LogP contribution in [0, 0.1) is 5.92 Å². The fourth-order valence-corrected chi connectivity index (χ4v) is 3.23. The molecule has 0 bridgehead atoms. The summed E-state index contributed by atoms with van der Waals surface area (Å²) in [5.74, 6) is 1.92. The zero-order chi connectivity index (χ0) is 21.2. The molecule has 1 aliphatic heterocycles. The summed E-state index contributed by atoms with van der Waals surface area (Å²) in [6.45, 7) is 10.3. The minimum Gasteiger partial charge on any atom is -0.492 e. The van der Waals surface area contributed by atoms with Crippen LogP contribution in [0.15, 0.2) is 29.3 Å². The molecule has 29 heavy (non-hydrogen) atoms. The number of likely N-dealkylation sites (tertiary alicyclic amines) is 1. The number of rotatable bonds is 9. The number of ether oxygens (including phenoxy) is 1. The van der Waals surface area contributed by atoms with Crippen molar-refractivity contribution >= 4 is 11.9 Å². The maximum absolute atomic E-state index is 12.2. The standard InChI is InChI=1S/C22H37N5O2/c1-6-23-22(25-19-11-12-27(16-19)21(28)17(2)3)24-15-18-9-7-8-10-20(18)29-14-13-26(4)5/h7-10,17,19H,6,11-16H2,1-5H3,(H2,23,24,25). The monoisotopic (exact) mass is 403 g/mol. The summed E-state index contributed by atoms with van der Waals surface area (Å²) in [5, 5.41) is 6.80. The molecule has 0 spiro atoms. The second-order valence-corrected chi connectivity index (χ2v) is 8.02. The van der Waals surface area contributed by atoms with Crippen LogP contribution in [0.25, 0.3) is 0 Å². The van der Waals surface area contributed by atoms with Crippen LogP contribution in [-0.4, -0.2) is 74.6 Å². The van der Waals surface area contributed by atoms with E-state index in [-0.39, 0.29) is 17.9 Å². The number of carbonyl (C=O) groups is 1. The molecule has 1 atom stereocenters. The molecule has 1 amide bonds. The minimum atomic E-state index is 0.0413. The number of hydrogen-bond donors (Lipinski definition) is 2. The molecule has 0 aromatic heterocycles. The summed E-state index contributed by atoms with van der Waals surface area (Å²) in [4.78, 5) is 21.0. The van der Waals surface area contributed by atoms with Crippen LogP contribution in [0.4, 0.5) is 0 Å². The highest BCUT2D eigenvalue weighted by Crippen LogP contribution is 2.19. The lowest BCUT2D eigenvalue weighted by molar-refractivity contribution is -0.133. The lowest BCUT2D eigenvalue weighted by Crippen LogP contribution is -2.45. The minimum absolute atomic E-state index is 0.0413. The third-order valence-electron chi connectivity index (χ3n) is 4.86. The summed E-state index contributed by atoms with van der Waals surface area (Å²) in [7, 11) is 4.07. The second-order valence-electron chi connectivity index (χ2n) is 8.02. The van der Waals surface area contributed by atoms with Gasteiger partial charge in [-0.15, -0.1) is 0 Å². The summed E-state index contributed by atoms with van der Waals surface area (Å²) in [5.41, 5.74) is 1.06. The average Bonchev–Trinajstić information content (AvgIpc) is 3.14. The van der Waals surface area contributed by atoms with Crippen molar-refractivity contribution in [3.8, 4) is 5.75 Å². The van der Waals surface area contributed by atoms with Gasteiger partial charge in [0.05, 0.1) is 6.54 Å². The first-order valence-corrected chi connectivity index (χ1v) is 10.6. The maximum atomic E-state index is 12.2. The van der Waals surface area contributed by atoms with Gasteiger partial charge in [0.1, 0.15) is 12.4 Å². The Morgan fingerprint density at radius 2 is 2.10 bits per heavy atom. The van der Waals surface area contributed by atoms with E-state index in [2.05, 4.69) is 28.5 Å². The van der Waals surface area contributed by atoms with Gasteiger partial charge in [0.2, 0.25) is 5.91 Å². The average molecular weight is 404 g/mol. The smallest absolute Gasteiger partial charge is 0.225 e. The van der Waals surface area contributed by atoms with Crippen LogP contribution in [0.2, 0.25) is 0 Å². The van der Waals surface area contributed by atoms with Gasteiger partial charge in [0.25, 0.3) is 0 Å². The molecule has 2 N–H and O–H groups in total. The van der Waals surface area contributed by atoms with Crippen molar-refractivity contribution in [2.45, 2.75) is 39.8 Å². The number of nitrogens with one attached hydrogen (secondary N) is 2. The van der Waals surface area contributed by atoms with Gasteiger partial charge in [0, 0.05) is 43.7 Å². The van der Waals surface area contributed by atoms with E-state index in [0.29, 0.717) is 13.2 Å². The van der Waals surface area contributed by atoms with Gasteiger partial charge in [-0.1, -0.05) is 32.0 Å². The molecule has 7 heteroatoms. The normalized spacial score (nSPS) is 17.1. The molecule has 1 unspecified atom stereocenters. The Morgan fingerprint density at radius 1 is 1.34 bits per heavy atom. The predicted octanol–water partition coefficient (Wildman–Crippen LogP) is 1.94. The summed E-state index contributed by atoms with van der Waals surface area (Å²) in [6, 6.07) is 8.27. The second kappa shape index (κ2) is 11.7. The van der Waals surface area contributed by atoms with Crippen molar-refractivity contribution in [3.63, 3.8) is 0 Å². The number of guanidine groups is 1. The van der Waals surface area contributed by atoms with E-state index in [9.17, 15) is 4.79 Å². The van der Waals surface area contributed by atoms with E-state index in [1.54, 1.807) is 0 Å². The largest absolute Gasteiger partial charge is 0.492 e. The molecule has 2 rings (SSSR count). The third kappa shape index (κ3) is 7.57. The Labute approximate surface area is 175 Å². The number of aliphatic imine (C=N–C) groups is 1. The van der Waals surface area contributed by atoms with Crippen molar-refractivity contribution in [1.82, 2.24) is 20.4 Å². The highest BCUT2D eigenvalue weighted by Gasteiger charge is 2.27. The van der Waals surface area contributed by atoms with Crippen molar-refractivity contribution in [3.05, 3.63) is 29.8 Å². The van der Waals surface area contributed by atoms with Crippen LogP contribution in [0.3, 0.4) is 0 Å². The highest BCUT2D eigenvalue weighted by atomic mass is 16.5. The van der Waals surface area contributed by atoms with E-state index in [1.165, 1.54) is 0 Å². The molecule has 1 saturated heterocycles. The molecule has 1 aromatic rings. The summed E-state index contributed by atoms with van der Waals surface area (Å²) in [6.07, 6.45) is 0.938. The Balaban J connectivity index is 1.97. The third-order valence-corrected chi connectivity index (χ3v) is 4.86. The van der Waals surface area contributed by atoms with Crippen LogP contribution in [0.1, 0.15) is 32.8 Å². The van der Waals surface area contributed by atoms with Crippen molar-refractivity contribution in [2.75, 3.05) is 46.9 Å². The van der Waals surface area contributed by atoms with Gasteiger partial charge in [0.15, 0.2) is 5.96 Å². The fraction of sp³-hybridized carbons (Fsp3) is 0.636. The number of likely N-dealkylation sites (N-methyl/N-ethyl adjacent to an activating group) is 1. The van der Waals surface area contributed by atoms with Gasteiger partial charge in [-0.25, -0.2) is 4.99 Å². The van der Waals surface area contributed by atoms with Crippen molar-refractivity contribution in [1.29, 1.82) is 0 Å².